The molecule has 1 unspecified atom stereocenters. The minimum Gasteiger partial charge on any atom is -0.381 e. The molecule has 0 spiro atoms. The van der Waals surface area contributed by atoms with Crippen LogP contribution >= 0.6 is 0 Å². The summed E-state index contributed by atoms with van der Waals surface area (Å²) < 4.78 is 5.60. The summed E-state index contributed by atoms with van der Waals surface area (Å²) in [6.07, 6.45) is 15.3. The van der Waals surface area contributed by atoms with E-state index in [0.29, 0.717) is 18.7 Å². The monoisotopic (exact) mass is 359 g/mol. The van der Waals surface area contributed by atoms with Crippen molar-refractivity contribution < 1.29 is 14.3 Å². The lowest BCUT2D eigenvalue weighted by molar-refractivity contribution is -0.120. The van der Waals surface area contributed by atoms with Gasteiger partial charge in [0.25, 0.3) is 11.8 Å². The van der Waals surface area contributed by atoms with Gasteiger partial charge in [0.05, 0.1) is 5.92 Å². The predicted molar refractivity (Wildman–Crippen MR) is 100 cm³/mol. The zero-order valence-corrected chi connectivity index (χ0v) is 15.6. The third-order valence-electron chi connectivity index (χ3n) is 4.42. The number of nitrogens with zero attached hydrogens (tertiary/aromatic N) is 2. The van der Waals surface area contributed by atoms with Crippen molar-refractivity contribution in [3.63, 3.8) is 0 Å². The number of allylic oxidation sites excluding steroid dienone is 3. The highest BCUT2D eigenvalue weighted by Crippen LogP contribution is 2.28. The highest BCUT2D eigenvalue weighted by Gasteiger charge is 2.29. The van der Waals surface area contributed by atoms with Gasteiger partial charge in [-0.3, -0.25) is 9.59 Å². The van der Waals surface area contributed by atoms with E-state index >= 15 is 0 Å². The van der Waals surface area contributed by atoms with Crippen LogP contribution in [0.4, 0.5) is 0 Å². The molecule has 2 amide bonds. The molecule has 0 bridgehead atoms. The maximum atomic E-state index is 12.3. The van der Waals surface area contributed by atoms with E-state index in [1.54, 1.807) is 24.3 Å². The molecule has 1 atom stereocenters. The molecule has 0 saturated heterocycles. The molecule has 1 aliphatic heterocycles. The highest BCUT2D eigenvalue weighted by atomic mass is 16.5. The predicted octanol–water partition coefficient (Wildman–Crippen LogP) is 3.86. The average Bonchev–Trinajstić information content (AvgIpc) is 2.66. The van der Waals surface area contributed by atoms with E-state index in [4.69, 9.17) is 4.74 Å². The van der Waals surface area contributed by atoms with Crippen LogP contribution in [0.25, 0.3) is 0 Å². The Hall–Kier alpha value is -2.08. The fraction of sp³-hybridized carbons (Fsp3) is 0.600. The Morgan fingerprint density at radius 3 is 2.69 bits per heavy atom. The third-order valence-corrected chi connectivity index (χ3v) is 4.42. The van der Waals surface area contributed by atoms with Crippen LogP contribution in [0.2, 0.25) is 0 Å². The third kappa shape index (κ3) is 6.33. The van der Waals surface area contributed by atoms with E-state index in [1.165, 1.54) is 32.1 Å². The molecule has 142 valence electrons. The summed E-state index contributed by atoms with van der Waals surface area (Å²) in [5.41, 5.74) is 0.840. The second-order valence-electron chi connectivity index (χ2n) is 6.55. The van der Waals surface area contributed by atoms with Crippen molar-refractivity contribution in [2.75, 3.05) is 19.8 Å². The van der Waals surface area contributed by atoms with Crippen LogP contribution in [0, 0.1) is 5.92 Å². The Labute approximate surface area is 155 Å². The molecule has 0 aromatic heterocycles. The van der Waals surface area contributed by atoms with E-state index < -0.39 is 5.92 Å². The fourth-order valence-corrected chi connectivity index (χ4v) is 2.93. The molecule has 1 heterocycles. The van der Waals surface area contributed by atoms with Gasteiger partial charge in [0.2, 0.25) is 0 Å². The molecule has 6 heteroatoms. The number of hydrogen-bond donors (Lipinski definition) is 1. The molecule has 1 N–H and O–H groups in total. The van der Waals surface area contributed by atoms with Crippen molar-refractivity contribution in [3.05, 3.63) is 35.6 Å². The summed E-state index contributed by atoms with van der Waals surface area (Å²) in [4.78, 5) is 24.0. The largest absolute Gasteiger partial charge is 0.381 e. The molecular formula is C20H29N3O3. The molecule has 0 saturated carbocycles. The number of rotatable bonds is 12. The number of ether oxygens (including phenoxy) is 1. The zero-order chi connectivity index (χ0) is 18.6. The normalized spacial score (nSPS) is 18.3. The summed E-state index contributed by atoms with van der Waals surface area (Å²) in [6.45, 7) is 4.15. The Morgan fingerprint density at radius 1 is 1.08 bits per heavy atom. The Balaban J connectivity index is 1.59. The van der Waals surface area contributed by atoms with Crippen LogP contribution in [0.1, 0.15) is 51.9 Å². The van der Waals surface area contributed by atoms with Crippen molar-refractivity contribution in [1.82, 2.24) is 5.32 Å². The van der Waals surface area contributed by atoms with Crippen molar-refractivity contribution in [1.29, 1.82) is 0 Å². The highest BCUT2D eigenvalue weighted by molar-refractivity contribution is 5.98. The second-order valence-corrected chi connectivity index (χ2v) is 6.55. The quantitative estimate of drug-likeness (QED) is 0.537. The zero-order valence-electron chi connectivity index (χ0n) is 15.6. The number of unbranched alkanes of at least 4 members (excludes halogenated alkanes) is 5. The molecule has 0 fully saturated rings. The van der Waals surface area contributed by atoms with Gasteiger partial charge in [0.15, 0.2) is 5.70 Å². The molecule has 26 heavy (non-hydrogen) atoms. The maximum Gasteiger partial charge on any atom is 0.276 e. The first-order valence-electron chi connectivity index (χ1n) is 9.64. The van der Waals surface area contributed by atoms with Gasteiger partial charge in [-0.2, -0.15) is 0 Å². The second kappa shape index (κ2) is 11.5. The number of nitrogens with one attached hydrogen (secondary N) is 1. The lowest BCUT2D eigenvalue weighted by Crippen LogP contribution is -2.30. The number of hydrogen-bond acceptors (Lipinski definition) is 4. The molecule has 0 aromatic rings. The average molecular weight is 359 g/mol. The van der Waals surface area contributed by atoms with Crippen LogP contribution < -0.4 is 5.32 Å². The Kier molecular flexibility index (Phi) is 8.96. The molecule has 1 aliphatic carbocycles. The minimum atomic E-state index is -0.487. The fourth-order valence-electron chi connectivity index (χ4n) is 2.93. The summed E-state index contributed by atoms with van der Waals surface area (Å²) in [6, 6.07) is 0. The topological polar surface area (TPSA) is 80.1 Å². The van der Waals surface area contributed by atoms with E-state index in [0.717, 1.165) is 19.4 Å². The van der Waals surface area contributed by atoms with Crippen LogP contribution in [0.3, 0.4) is 0 Å². The van der Waals surface area contributed by atoms with Gasteiger partial charge in [-0.25, -0.2) is 0 Å². The summed E-state index contributed by atoms with van der Waals surface area (Å²) in [7, 11) is 0. The SMILES string of the molecule is CCCCCCCCOCCCNC(=O)C1=C2C=CC=CC2C(=O)N=N1. The molecular weight excluding hydrogens is 330 g/mol. The van der Waals surface area contributed by atoms with Crippen LogP contribution in [0.5, 0.6) is 0 Å². The number of carbonyl (C=O) groups excluding carboxylic acids is 2. The van der Waals surface area contributed by atoms with Crippen LogP contribution in [-0.4, -0.2) is 31.6 Å². The van der Waals surface area contributed by atoms with Crippen molar-refractivity contribution >= 4 is 11.8 Å². The Bertz CT molecular complexity index is 605. The number of carbonyl (C=O) groups is 2. The van der Waals surface area contributed by atoms with Crippen molar-refractivity contribution in [2.24, 2.45) is 16.1 Å². The molecule has 0 aromatic carbocycles. The number of azo groups is 1. The van der Waals surface area contributed by atoms with Crippen molar-refractivity contribution in [2.45, 2.75) is 51.9 Å². The van der Waals surface area contributed by atoms with E-state index in [-0.39, 0.29) is 17.5 Å². The van der Waals surface area contributed by atoms with Gasteiger partial charge in [0, 0.05) is 25.3 Å². The molecule has 2 rings (SSSR count). The van der Waals surface area contributed by atoms with Gasteiger partial charge in [0.1, 0.15) is 0 Å². The standard InChI is InChI=1S/C20H29N3O3/c1-2-3-4-5-6-9-14-26-15-10-13-21-20(25)18-16-11-7-8-12-17(16)19(24)23-22-18/h7-8,11-12,17H,2-6,9-10,13-15H2,1H3,(H,21,25). The smallest absolute Gasteiger partial charge is 0.276 e. The molecule has 0 radical (unpaired) electrons. The molecule has 2 aliphatic rings. The summed E-state index contributed by atoms with van der Waals surface area (Å²) in [5, 5.41) is 10.2. The van der Waals surface area contributed by atoms with Gasteiger partial charge < -0.3 is 10.1 Å². The van der Waals surface area contributed by atoms with E-state index in [2.05, 4.69) is 22.5 Å². The first-order chi connectivity index (χ1) is 12.7. The summed E-state index contributed by atoms with van der Waals surface area (Å²) in [5.74, 6) is -1.11. The van der Waals surface area contributed by atoms with Gasteiger partial charge in [-0.15, -0.1) is 10.2 Å². The first-order valence-corrected chi connectivity index (χ1v) is 9.64. The lowest BCUT2D eigenvalue weighted by atomic mass is 9.91. The lowest BCUT2D eigenvalue weighted by Gasteiger charge is -2.18. The minimum absolute atomic E-state index is 0.225. The Morgan fingerprint density at radius 2 is 1.85 bits per heavy atom. The number of amides is 2. The van der Waals surface area contributed by atoms with Crippen molar-refractivity contribution in [3.8, 4) is 0 Å². The van der Waals surface area contributed by atoms with E-state index in [1.807, 2.05) is 0 Å². The van der Waals surface area contributed by atoms with Gasteiger partial charge >= 0.3 is 0 Å². The van der Waals surface area contributed by atoms with Gasteiger partial charge in [-0.05, 0) is 12.8 Å². The first kappa shape index (κ1) is 20.2. The van der Waals surface area contributed by atoms with Crippen LogP contribution in [-0.2, 0) is 14.3 Å². The van der Waals surface area contributed by atoms with E-state index in [9.17, 15) is 9.59 Å². The molecule has 6 nitrogen and oxygen atoms in total. The van der Waals surface area contributed by atoms with Gasteiger partial charge in [-0.1, -0.05) is 63.3 Å². The number of fused-ring (bicyclic) bond motifs is 1. The maximum absolute atomic E-state index is 12.3. The summed E-state index contributed by atoms with van der Waals surface area (Å²) >= 11 is 0. The van der Waals surface area contributed by atoms with Crippen LogP contribution in [0.15, 0.2) is 45.8 Å².